The van der Waals surface area contributed by atoms with Crippen LogP contribution in [-0.4, -0.2) is 258 Å². The molecule has 3 aromatic carbocycles. The normalized spacial score (nSPS) is 15.8. The largest absolute Gasteiger partial charge is 0.508 e. The summed E-state index contributed by atoms with van der Waals surface area (Å²) in [5.74, 6) is -18.1. The zero-order valence-electron chi connectivity index (χ0n) is 61.7. The summed E-state index contributed by atoms with van der Waals surface area (Å²) in [6, 6.07) is 0.572. The first-order valence-electron chi connectivity index (χ1n) is 35.4. The number of nitrogens with one attached hydrogen (secondary N) is 14. The van der Waals surface area contributed by atoms with Crippen LogP contribution in [0.15, 0.2) is 79.0 Å². The number of aromatic amines is 1. The summed E-state index contributed by atoms with van der Waals surface area (Å²) >= 11 is 8.40. The van der Waals surface area contributed by atoms with Crippen LogP contribution >= 0.6 is 25.3 Å². The molecule has 13 atom stereocenters. The lowest BCUT2D eigenvalue weighted by Crippen LogP contribution is -2.60. The number of hydrogen-bond acceptors (Lipinski definition) is 23. The number of aromatic hydroxyl groups is 2. The Morgan fingerprint density at radius 2 is 1.00 bits per heavy atom. The van der Waals surface area contributed by atoms with Crippen LogP contribution in [0.5, 0.6) is 11.5 Å². The monoisotopic (exact) mass is 1590 g/mol. The lowest BCUT2D eigenvalue weighted by atomic mass is 10.0. The van der Waals surface area contributed by atoms with Crippen LogP contribution < -0.4 is 74.9 Å². The Morgan fingerprint density at radius 3 is 1.54 bits per heavy atom. The molecule has 0 aliphatic carbocycles. The third-order valence-corrected chi connectivity index (χ3v) is 18.4. The highest BCUT2D eigenvalue weighted by atomic mass is 32.1. The number of carboxylic acid groups (broad SMARTS) is 2. The van der Waals surface area contributed by atoms with Gasteiger partial charge < -0.3 is 115 Å². The van der Waals surface area contributed by atoms with Gasteiger partial charge in [0.15, 0.2) is 0 Å². The summed E-state index contributed by atoms with van der Waals surface area (Å²) in [5.41, 5.74) is 7.85. The van der Waals surface area contributed by atoms with Gasteiger partial charge in [-0.15, -0.1) is 0 Å². The van der Waals surface area contributed by atoms with Gasteiger partial charge in [0.1, 0.15) is 84.0 Å². The first kappa shape index (κ1) is 90.5. The molecule has 0 bridgehead atoms. The molecular formula is C71H98N16O22S2. The highest BCUT2D eigenvalue weighted by Crippen LogP contribution is 2.24. The van der Waals surface area contributed by atoms with Crippen LogP contribution in [-0.2, 0) is 96.0 Å². The number of aliphatic hydroxyl groups excluding tert-OH is 2. The van der Waals surface area contributed by atoms with Crippen molar-refractivity contribution in [2.45, 2.75) is 165 Å². The van der Waals surface area contributed by atoms with Gasteiger partial charge in [-0.25, -0.2) is 4.79 Å². The number of para-hydroxylation sites is 1. The fourth-order valence-electron chi connectivity index (χ4n) is 11.3. The van der Waals surface area contributed by atoms with Gasteiger partial charge in [0.2, 0.25) is 82.7 Å². The van der Waals surface area contributed by atoms with E-state index >= 15 is 0 Å². The molecule has 0 saturated carbocycles. The molecule has 14 amide bonds. The van der Waals surface area contributed by atoms with Gasteiger partial charge in [-0.1, -0.05) is 70.2 Å². The highest BCUT2D eigenvalue weighted by Gasteiger charge is 2.41. The number of hydrogen-bond donors (Lipinski definition) is 23. The van der Waals surface area contributed by atoms with Crippen LogP contribution in [0.2, 0.25) is 0 Å². The number of carboxylic acids is 2. The molecule has 0 radical (unpaired) electrons. The van der Waals surface area contributed by atoms with Crippen molar-refractivity contribution in [1.29, 1.82) is 0 Å². The molecule has 0 spiro atoms. The Bertz CT molecular complexity index is 3980. The van der Waals surface area contributed by atoms with Crippen molar-refractivity contribution < 1.29 is 107 Å². The molecule has 22 N–H and O–H groups in total. The lowest BCUT2D eigenvalue weighted by Gasteiger charge is -2.30. The number of phenolic OH excluding ortho intramolecular Hbond substituents is 2. The van der Waals surface area contributed by atoms with Crippen LogP contribution in [0.25, 0.3) is 10.9 Å². The molecule has 5 rings (SSSR count). The zero-order valence-corrected chi connectivity index (χ0v) is 63.5. The van der Waals surface area contributed by atoms with Crippen LogP contribution in [0.3, 0.4) is 0 Å². The number of nitrogens with zero attached hydrogens (tertiary/aromatic N) is 1. The minimum Gasteiger partial charge on any atom is -0.508 e. The first-order valence-corrected chi connectivity index (χ1v) is 36.7. The molecule has 1 fully saturated rings. The lowest BCUT2D eigenvalue weighted by molar-refractivity contribution is -0.144. The SMILES string of the molecule is CC(C)[C@H](NC(=O)[C@H](CO)NC(=O)[C@H](Cc1ccc(O)cc1)NC(=O)[C@H](CS)NC(=O)[C@H](C)NC(=O)[C@@H](NC(=O)CNC(=O)CNC(=O)[C@H](Cc1ccc(O)cc1)NC(=O)[C@H](CCC(=O)O)NC(=O)CNC(=O)[C@@H]1CCCN1C(=O)[C@H](Cc1c[nH]c2ccccc12)NC(=O)[C@H](CS)NC(=O)[C@@H](N)[C@@H](C)O)C(C)C)C(=O)O. The molecule has 1 saturated heterocycles. The number of amides is 14. The number of carbonyl (C=O) groups excluding carboxylic acids is 14. The summed E-state index contributed by atoms with van der Waals surface area (Å²) in [6.07, 6.45) is -1.16. The summed E-state index contributed by atoms with van der Waals surface area (Å²) < 4.78 is 0. The Hall–Kier alpha value is -11.1. The third-order valence-electron chi connectivity index (χ3n) is 17.7. The first-order chi connectivity index (χ1) is 52.4. The van der Waals surface area contributed by atoms with E-state index in [1.807, 2.05) is 0 Å². The predicted molar refractivity (Wildman–Crippen MR) is 403 cm³/mol. The molecule has 111 heavy (non-hydrogen) atoms. The van der Waals surface area contributed by atoms with Crippen molar-refractivity contribution in [3.63, 3.8) is 0 Å². The molecular weight excluding hydrogens is 1490 g/mol. The van der Waals surface area contributed by atoms with Gasteiger partial charge in [-0.2, -0.15) is 25.3 Å². The number of thiol groups is 2. The van der Waals surface area contributed by atoms with E-state index in [0.717, 1.165) is 10.9 Å². The van der Waals surface area contributed by atoms with E-state index in [2.05, 4.69) is 99.4 Å². The standard InChI is InChI=1S/C71H98N16O22S2/c1-34(2)58(69(106)77-36(5)60(97)83-50(32-110)65(102)80-47(25-39-15-19-42(91)20-16-39)63(100)82-49(31-88)64(101)86-59(35(3)4)71(108)109)85-55(94)29-74-53(92)28-75-61(98)46(24-38-13-17-41(90)18-14-38)79-62(99)45(21-22-56(95)96)78-54(93)30-76-67(104)52-12-9-23-87(52)70(107)48(26-40-27-73-44-11-8-7-10-43(40)44)81-66(103)51(33-111)84-68(105)57(72)37(6)89/h7-8,10-11,13-20,27,34-37,45-52,57-59,73,88-91,110-111H,9,12,21-26,28-33,72H2,1-6H3,(H,74,92)(H,75,98)(H,76,104)(H,77,106)(H,78,93)(H,79,99)(H,80,102)(H,81,103)(H,82,100)(H,83,97)(H,84,105)(H,85,94)(H,86,101)(H,95,96)(H,108,109)/t36-,37+,45-,46-,47-,48-,49-,50-,51-,52-,57-,58-,59-/m0/s1. The number of fused-ring (bicyclic) bond motifs is 1. The molecule has 1 aliphatic rings. The number of benzene rings is 3. The minimum atomic E-state index is -1.69. The van der Waals surface area contributed by atoms with E-state index in [0.29, 0.717) is 23.1 Å². The number of rotatable bonds is 43. The highest BCUT2D eigenvalue weighted by molar-refractivity contribution is 7.80. The summed E-state index contributed by atoms with van der Waals surface area (Å²) in [4.78, 5) is 219. The van der Waals surface area contributed by atoms with E-state index in [1.165, 1.54) is 81.1 Å². The Morgan fingerprint density at radius 1 is 0.514 bits per heavy atom. The molecule has 1 aromatic heterocycles. The quantitative estimate of drug-likeness (QED) is 0.0184. The van der Waals surface area contributed by atoms with E-state index in [-0.39, 0.29) is 55.2 Å². The van der Waals surface area contributed by atoms with E-state index in [1.54, 1.807) is 44.3 Å². The summed E-state index contributed by atoms with van der Waals surface area (Å²) in [7, 11) is 0. The van der Waals surface area contributed by atoms with Crippen molar-refractivity contribution >= 4 is 131 Å². The number of carbonyl (C=O) groups is 16. The maximum atomic E-state index is 14.6. The summed E-state index contributed by atoms with van der Waals surface area (Å²) in [5, 5.41) is 90.9. The van der Waals surface area contributed by atoms with Gasteiger partial charge in [0.25, 0.3) is 0 Å². The Kier molecular flexibility index (Phi) is 35.8. The summed E-state index contributed by atoms with van der Waals surface area (Å²) in [6.45, 7) is 5.27. The van der Waals surface area contributed by atoms with Crippen molar-refractivity contribution in [3.05, 3.63) is 95.7 Å². The van der Waals surface area contributed by atoms with Gasteiger partial charge in [-0.3, -0.25) is 71.9 Å². The van der Waals surface area contributed by atoms with Gasteiger partial charge in [-0.05, 0) is 92.0 Å². The number of aliphatic carboxylic acids is 2. The van der Waals surface area contributed by atoms with Crippen LogP contribution in [0.4, 0.5) is 0 Å². The maximum absolute atomic E-state index is 14.6. The third kappa shape index (κ3) is 28.4. The van der Waals surface area contributed by atoms with E-state index in [4.69, 9.17) is 5.73 Å². The number of aromatic nitrogens is 1. The van der Waals surface area contributed by atoms with E-state index < -0.39 is 224 Å². The fraction of sp³-hybridized carbons (Fsp3) is 0.493. The molecule has 38 nitrogen and oxygen atoms in total. The number of phenols is 2. The second-order valence-corrected chi connectivity index (χ2v) is 27.8. The van der Waals surface area contributed by atoms with Crippen molar-refractivity contribution in [2.24, 2.45) is 17.6 Å². The Balaban J connectivity index is 1.18. The minimum absolute atomic E-state index is 0.0324. The van der Waals surface area contributed by atoms with Gasteiger partial charge >= 0.3 is 11.9 Å². The average Bonchev–Trinajstić information content (AvgIpc) is 1.68. The fourth-order valence-corrected chi connectivity index (χ4v) is 11.8. The molecule has 2 heterocycles. The van der Waals surface area contributed by atoms with Crippen LogP contribution in [0, 0.1) is 11.8 Å². The second kappa shape index (κ2) is 43.9. The number of aliphatic hydroxyl groups is 2. The topological polar surface area (TPSA) is 596 Å². The average molecular weight is 1590 g/mol. The maximum Gasteiger partial charge on any atom is 0.326 e. The predicted octanol–water partition coefficient (Wildman–Crippen LogP) is -5.36. The molecule has 0 unspecified atom stereocenters. The molecule has 1 aliphatic heterocycles. The van der Waals surface area contributed by atoms with Gasteiger partial charge in [0.05, 0.1) is 32.3 Å². The number of nitrogens with two attached hydrogens (primary N) is 1. The number of likely N-dealkylation sites (tertiary alicyclic amines) is 1. The molecule has 606 valence electrons. The Labute approximate surface area is 648 Å². The van der Waals surface area contributed by atoms with Crippen molar-refractivity contribution in [3.8, 4) is 11.5 Å². The second-order valence-electron chi connectivity index (χ2n) is 27.0. The molecule has 4 aromatic rings. The van der Waals surface area contributed by atoms with Crippen LogP contribution in [0.1, 0.15) is 83.9 Å². The van der Waals surface area contributed by atoms with Gasteiger partial charge in [0, 0.05) is 60.8 Å². The number of H-pyrrole nitrogens is 1. The van der Waals surface area contributed by atoms with Crippen molar-refractivity contribution in [2.75, 3.05) is 44.3 Å². The van der Waals surface area contributed by atoms with Crippen molar-refractivity contribution in [1.82, 2.24) is 79.0 Å². The smallest absolute Gasteiger partial charge is 0.326 e. The zero-order chi connectivity index (χ0) is 82.5. The molecule has 40 heteroatoms. The van der Waals surface area contributed by atoms with E-state index in [9.17, 15) is 107 Å².